The molecule has 2 atom stereocenters. The molecule has 0 saturated heterocycles. The lowest BCUT2D eigenvalue weighted by Crippen LogP contribution is -2.45. The summed E-state index contributed by atoms with van der Waals surface area (Å²) in [5.41, 5.74) is 0. The van der Waals surface area contributed by atoms with Gasteiger partial charge in [-0.25, -0.2) is 0 Å². The van der Waals surface area contributed by atoms with Crippen LogP contribution in [0.5, 0.6) is 0 Å². The molecule has 0 radical (unpaired) electrons. The van der Waals surface area contributed by atoms with E-state index in [1.807, 2.05) is 6.08 Å². The van der Waals surface area contributed by atoms with E-state index in [9.17, 15) is 15.0 Å². The van der Waals surface area contributed by atoms with E-state index < -0.39 is 12.1 Å². The van der Waals surface area contributed by atoms with Crippen molar-refractivity contribution in [2.45, 2.75) is 238 Å². The maximum atomic E-state index is 12.3. The molecule has 298 valence electrons. The molecule has 0 bridgehead atoms. The molecule has 0 rings (SSSR count). The zero-order chi connectivity index (χ0) is 37.1. The highest BCUT2D eigenvalue weighted by Crippen LogP contribution is 2.15. The minimum Gasteiger partial charge on any atom is -0.394 e. The third kappa shape index (κ3) is 39.4. The summed E-state index contributed by atoms with van der Waals surface area (Å²) in [6.45, 7) is 4.23. The lowest BCUT2D eigenvalue weighted by Gasteiger charge is -2.19. The summed E-state index contributed by atoms with van der Waals surface area (Å²) in [7, 11) is 0. The third-order valence-corrected chi connectivity index (χ3v) is 10.0. The molecule has 51 heavy (non-hydrogen) atoms. The number of carbonyl (C=O) groups is 1. The van der Waals surface area contributed by atoms with Crippen LogP contribution in [-0.2, 0) is 4.79 Å². The Morgan fingerprint density at radius 3 is 1.33 bits per heavy atom. The van der Waals surface area contributed by atoms with Gasteiger partial charge in [0.05, 0.1) is 18.8 Å². The van der Waals surface area contributed by atoms with Gasteiger partial charge in [-0.15, -0.1) is 0 Å². The molecule has 3 N–H and O–H groups in total. The van der Waals surface area contributed by atoms with E-state index >= 15 is 0 Å². The highest BCUT2D eigenvalue weighted by Gasteiger charge is 2.17. The maximum absolute atomic E-state index is 12.3. The van der Waals surface area contributed by atoms with Crippen molar-refractivity contribution in [2.75, 3.05) is 6.61 Å². The van der Waals surface area contributed by atoms with Crippen molar-refractivity contribution >= 4 is 5.91 Å². The number of hydrogen-bond donors (Lipinski definition) is 3. The van der Waals surface area contributed by atoms with Crippen LogP contribution in [0, 0.1) is 0 Å². The molecule has 0 aliphatic carbocycles. The Morgan fingerprint density at radius 1 is 0.471 bits per heavy atom. The Bertz CT molecular complexity index is 816. The van der Waals surface area contributed by atoms with Crippen molar-refractivity contribution in [1.29, 1.82) is 0 Å². The highest BCUT2D eigenvalue weighted by atomic mass is 16.3. The van der Waals surface area contributed by atoms with Crippen LogP contribution in [0.2, 0.25) is 0 Å². The molecular weight excluding hydrogens is 627 g/mol. The lowest BCUT2D eigenvalue weighted by molar-refractivity contribution is -0.123. The number of allylic oxidation sites excluding steroid dienone is 7. The van der Waals surface area contributed by atoms with E-state index in [4.69, 9.17) is 0 Å². The zero-order valence-electron chi connectivity index (χ0n) is 34.1. The number of hydrogen-bond acceptors (Lipinski definition) is 3. The van der Waals surface area contributed by atoms with Crippen molar-refractivity contribution in [2.24, 2.45) is 0 Å². The Kier molecular flexibility index (Phi) is 41.4. The van der Waals surface area contributed by atoms with Crippen LogP contribution in [0.4, 0.5) is 0 Å². The van der Waals surface area contributed by atoms with Crippen LogP contribution in [0.3, 0.4) is 0 Å². The Labute approximate surface area is 318 Å². The molecule has 0 aliphatic rings. The van der Waals surface area contributed by atoms with Crippen molar-refractivity contribution < 1.29 is 15.0 Å². The standard InChI is InChI=1S/C47H87NO3/c1-3-5-7-9-11-13-15-17-18-19-20-21-22-23-24-25-26-27-28-29-31-32-34-36-38-40-42-46(50)45(44-49)48-47(51)43-41-39-37-35-33-30-16-14-12-10-8-6-4-2/h8,10,14,16,32,34,40,42,45-46,49-50H,3-7,9,11-13,15,17-31,33,35-39,41,43-44H2,1-2H3,(H,48,51)/b10-8-,16-14-,34-32+,42-40+. The minimum atomic E-state index is -0.868. The van der Waals surface area contributed by atoms with Crippen LogP contribution in [0.25, 0.3) is 0 Å². The fourth-order valence-electron chi connectivity index (χ4n) is 6.58. The Balaban J connectivity index is 3.57. The van der Waals surface area contributed by atoms with Crippen molar-refractivity contribution in [1.82, 2.24) is 5.32 Å². The number of nitrogens with one attached hydrogen (secondary N) is 1. The first-order valence-corrected chi connectivity index (χ1v) is 22.4. The van der Waals surface area contributed by atoms with E-state index in [0.29, 0.717) is 6.42 Å². The number of aliphatic hydroxyl groups is 2. The summed E-state index contributed by atoms with van der Waals surface area (Å²) in [6.07, 6.45) is 58.1. The number of rotatable bonds is 40. The van der Waals surface area contributed by atoms with Crippen LogP contribution >= 0.6 is 0 Å². The molecule has 0 aromatic rings. The summed E-state index contributed by atoms with van der Waals surface area (Å²) in [4.78, 5) is 12.3. The first-order chi connectivity index (χ1) is 25.2. The predicted octanol–water partition coefficient (Wildman–Crippen LogP) is 14.0. The number of carbonyl (C=O) groups excluding carboxylic acids is 1. The van der Waals surface area contributed by atoms with Crippen LogP contribution in [-0.4, -0.2) is 34.9 Å². The summed E-state index contributed by atoms with van der Waals surface area (Å²) < 4.78 is 0. The fourth-order valence-corrected chi connectivity index (χ4v) is 6.58. The second kappa shape index (κ2) is 42.8. The third-order valence-electron chi connectivity index (χ3n) is 10.0. The summed E-state index contributed by atoms with van der Waals surface area (Å²) in [5, 5.41) is 22.9. The van der Waals surface area contributed by atoms with E-state index in [1.165, 1.54) is 154 Å². The SMILES string of the molecule is CCC/C=C\C/C=C\CCCCCCCC(=O)NC(CO)C(O)/C=C/CC/C=C/CCCCCCCCCCCCCCCCCCCCCC. The Hall–Kier alpha value is -1.65. The van der Waals surface area contributed by atoms with Gasteiger partial charge in [-0.1, -0.05) is 210 Å². The van der Waals surface area contributed by atoms with Crippen molar-refractivity contribution in [3.05, 3.63) is 48.6 Å². The minimum absolute atomic E-state index is 0.0893. The predicted molar refractivity (Wildman–Crippen MR) is 225 cm³/mol. The fraction of sp³-hybridized carbons (Fsp3) is 0.809. The van der Waals surface area contributed by atoms with Gasteiger partial charge in [0.15, 0.2) is 0 Å². The normalized spacial score (nSPS) is 13.4. The highest BCUT2D eigenvalue weighted by molar-refractivity contribution is 5.76. The molecule has 4 heteroatoms. The molecule has 1 amide bonds. The summed E-state index contributed by atoms with van der Waals surface area (Å²) in [6, 6.07) is -0.646. The quantitative estimate of drug-likeness (QED) is 0.0437. The van der Waals surface area contributed by atoms with Crippen molar-refractivity contribution in [3.63, 3.8) is 0 Å². The van der Waals surface area contributed by atoms with Gasteiger partial charge in [-0.05, 0) is 57.8 Å². The molecule has 0 saturated carbocycles. The zero-order valence-corrected chi connectivity index (χ0v) is 34.1. The average Bonchev–Trinajstić information content (AvgIpc) is 3.13. The molecule has 2 unspecified atom stereocenters. The van der Waals surface area contributed by atoms with E-state index in [2.05, 4.69) is 55.6 Å². The number of aliphatic hydroxyl groups excluding tert-OH is 2. The first-order valence-electron chi connectivity index (χ1n) is 22.4. The average molecular weight is 714 g/mol. The van der Waals surface area contributed by atoms with Crippen LogP contribution < -0.4 is 5.32 Å². The van der Waals surface area contributed by atoms with Crippen LogP contribution in [0.15, 0.2) is 48.6 Å². The summed E-state index contributed by atoms with van der Waals surface area (Å²) >= 11 is 0. The van der Waals surface area contributed by atoms with Gasteiger partial charge in [0.2, 0.25) is 5.91 Å². The second-order valence-electron chi connectivity index (χ2n) is 15.1. The van der Waals surface area contributed by atoms with Gasteiger partial charge in [0, 0.05) is 6.42 Å². The smallest absolute Gasteiger partial charge is 0.220 e. The van der Waals surface area contributed by atoms with Gasteiger partial charge in [0.1, 0.15) is 0 Å². The van der Waals surface area contributed by atoms with Gasteiger partial charge < -0.3 is 15.5 Å². The first kappa shape index (κ1) is 49.4. The molecule has 0 spiro atoms. The lowest BCUT2D eigenvalue weighted by atomic mass is 10.0. The largest absolute Gasteiger partial charge is 0.394 e. The number of amides is 1. The Morgan fingerprint density at radius 2 is 0.863 bits per heavy atom. The topological polar surface area (TPSA) is 69.6 Å². The molecule has 4 nitrogen and oxygen atoms in total. The second-order valence-corrected chi connectivity index (χ2v) is 15.1. The molecule has 0 fully saturated rings. The van der Waals surface area contributed by atoms with Crippen molar-refractivity contribution in [3.8, 4) is 0 Å². The van der Waals surface area contributed by atoms with Gasteiger partial charge >= 0.3 is 0 Å². The molecule has 0 aliphatic heterocycles. The summed E-state index contributed by atoms with van der Waals surface area (Å²) in [5.74, 6) is -0.0893. The molecule has 0 aromatic carbocycles. The van der Waals surface area contributed by atoms with E-state index in [-0.39, 0.29) is 12.5 Å². The monoisotopic (exact) mass is 714 g/mol. The van der Waals surface area contributed by atoms with Gasteiger partial charge in [-0.3, -0.25) is 4.79 Å². The molecular formula is C47H87NO3. The van der Waals surface area contributed by atoms with Gasteiger partial charge in [-0.2, -0.15) is 0 Å². The molecule has 0 heterocycles. The molecule has 0 aromatic heterocycles. The maximum Gasteiger partial charge on any atom is 0.220 e. The number of unbranched alkanes of at least 4 members (excludes halogenated alkanes) is 27. The van der Waals surface area contributed by atoms with E-state index in [0.717, 1.165) is 51.4 Å². The van der Waals surface area contributed by atoms with Gasteiger partial charge in [0.25, 0.3) is 0 Å². The van der Waals surface area contributed by atoms with E-state index in [1.54, 1.807) is 6.08 Å². The van der Waals surface area contributed by atoms with Crippen LogP contribution in [0.1, 0.15) is 226 Å².